The standard InChI is InChI=1S/C22H22N2O4/c1-3-4-12-28-22(26)17-9-7-10-19(14-17)24-21(25)18(15-23)13-16-8-5-6-11-20(16)27-2/h5-11,13-14H,3-4,12H2,1-2H3,(H,24,25)/b18-13+. The van der Waals surface area contributed by atoms with E-state index in [1.54, 1.807) is 42.5 Å². The lowest BCUT2D eigenvalue weighted by Crippen LogP contribution is -2.14. The number of amides is 1. The van der Waals surface area contributed by atoms with Crippen LogP contribution in [0, 0.1) is 11.3 Å². The molecule has 0 saturated heterocycles. The predicted molar refractivity (Wildman–Crippen MR) is 107 cm³/mol. The Hall–Kier alpha value is -3.59. The number of nitrogens with one attached hydrogen (secondary N) is 1. The van der Waals surface area contributed by atoms with Crippen LogP contribution >= 0.6 is 0 Å². The maximum atomic E-state index is 12.5. The summed E-state index contributed by atoms with van der Waals surface area (Å²) in [6, 6.07) is 15.4. The molecule has 0 atom stereocenters. The topological polar surface area (TPSA) is 88.4 Å². The second-order valence-electron chi connectivity index (χ2n) is 5.94. The minimum Gasteiger partial charge on any atom is -0.496 e. The van der Waals surface area contributed by atoms with Gasteiger partial charge in [-0.05, 0) is 36.8 Å². The molecule has 0 bridgehead atoms. The van der Waals surface area contributed by atoms with Crippen LogP contribution in [0.3, 0.4) is 0 Å². The smallest absolute Gasteiger partial charge is 0.338 e. The summed E-state index contributed by atoms with van der Waals surface area (Å²) >= 11 is 0. The maximum Gasteiger partial charge on any atom is 0.338 e. The first-order chi connectivity index (χ1) is 13.6. The van der Waals surface area contributed by atoms with E-state index in [0.29, 0.717) is 29.2 Å². The van der Waals surface area contributed by atoms with Crippen molar-refractivity contribution in [3.63, 3.8) is 0 Å². The molecule has 0 unspecified atom stereocenters. The third kappa shape index (κ3) is 5.71. The number of benzene rings is 2. The summed E-state index contributed by atoms with van der Waals surface area (Å²) in [6.45, 7) is 2.36. The lowest BCUT2D eigenvalue weighted by atomic mass is 10.1. The van der Waals surface area contributed by atoms with E-state index in [1.165, 1.54) is 19.3 Å². The van der Waals surface area contributed by atoms with Crippen molar-refractivity contribution >= 4 is 23.6 Å². The number of nitriles is 1. The summed E-state index contributed by atoms with van der Waals surface area (Å²) in [4.78, 5) is 24.5. The van der Waals surface area contributed by atoms with Crippen LogP contribution in [0.25, 0.3) is 6.08 Å². The quantitative estimate of drug-likeness (QED) is 0.322. The summed E-state index contributed by atoms with van der Waals surface area (Å²) in [7, 11) is 1.52. The highest BCUT2D eigenvalue weighted by Gasteiger charge is 2.13. The minimum atomic E-state index is -0.579. The van der Waals surface area contributed by atoms with E-state index < -0.39 is 11.9 Å². The molecular weight excluding hydrogens is 356 g/mol. The zero-order valence-electron chi connectivity index (χ0n) is 15.9. The fourth-order valence-corrected chi connectivity index (χ4v) is 2.40. The van der Waals surface area contributed by atoms with Crippen molar-refractivity contribution in [3.05, 3.63) is 65.2 Å². The van der Waals surface area contributed by atoms with Crippen LogP contribution in [0.15, 0.2) is 54.1 Å². The van der Waals surface area contributed by atoms with Gasteiger partial charge in [0.15, 0.2) is 0 Å². The fraction of sp³-hybridized carbons (Fsp3) is 0.227. The molecule has 0 radical (unpaired) electrons. The first kappa shape index (κ1) is 20.7. The molecule has 28 heavy (non-hydrogen) atoms. The number of unbranched alkanes of at least 4 members (excludes halogenated alkanes) is 1. The molecule has 1 N–H and O–H groups in total. The van der Waals surface area contributed by atoms with Crippen molar-refractivity contribution < 1.29 is 19.1 Å². The molecular formula is C22H22N2O4. The van der Waals surface area contributed by atoms with Crippen molar-refractivity contribution in [2.24, 2.45) is 0 Å². The van der Waals surface area contributed by atoms with Crippen molar-refractivity contribution in [1.82, 2.24) is 0 Å². The Bertz CT molecular complexity index is 913. The van der Waals surface area contributed by atoms with Crippen molar-refractivity contribution in [3.8, 4) is 11.8 Å². The highest BCUT2D eigenvalue weighted by atomic mass is 16.5. The van der Waals surface area contributed by atoms with Gasteiger partial charge in [0.2, 0.25) is 0 Å². The number of methoxy groups -OCH3 is 1. The molecule has 0 fully saturated rings. The molecule has 144 valence electrons. The number of rotatable bonds is 8. The molecule has 2 aromatic carbocycles. The summed E-state index contributed by atoms with van der Waals surface area (Å²) in [5.74, 6) is -0.473. The van der Waals surface area contributed by atoms with Gasteiger partial charge in [0.1, 0.15) is 17.4 Å². The van der Waals surface area contributed by atoms with Crippen molar-refractivity contribution in [1.29, 1.82) is 5.26 Å². The third-order valence-electron chi connectivity index (χ3n) is 3.89. The number of carbonyl (C=O) groups is 2. The molecule has 0 aromatic heterocycles. The molecule has 0 aliphatic rings. The Morgan fingerprint density at radius 2 is 1.96 bits per heavy atom. The average molecular weight is 378 g/mol. The molecule has 2 aromatic rings. The van der Waals surface area contributed by atoms with Crippen LogP contribution in [0.2, 0.25) is 0 Å². The zero-order valence-corrected chi connectivity index (χ0v) is 15.9. The Morgan fingerprint density at radius 1 is 1.18 bits per heavy atom. The van der Waals surface area contributed by atoms with E-state index in [-0.39, 0.29) is 5.57 Å². The highest BCUT2D eigenvalue weighted by Crippen LogP contribution is 2.21. The van der Waals surface area contributed by atoms with Gasteiger partial charge in [0, 0.05) is 11.3 Å². The third-order valence-corrected chi connectivity index (χ3v) is 3.89. The number of para-hydroxylation sites is 1. The summed E-state index contributed by atoms with van der Waals surface area (Å²) < 4.78 is 10.4. The molecule has 0 saturated carbocycles. The fourth-order valence-electron chi connectivity index (χ4n) is 2.40. The SMILES string of the molecule is CCCCOC(=O)c1cccc(NC(=O)/C(C#N)=C/c2ccccc2OC)c1. The number of carbonyl (C=O) groups excluding carboxylic acids is 2. The van der Waals surface area contributed by atoms with Crippen molar-refractivity contribution in [2.75, 3.05) is 19.0 Å². The van der Waals surface area contributed by atoms with Crippen molar-refractivity contribution in [2.45, 2.75) is 19.8 Å². The first-order valence-corrected chi connectivity index (χ1v) is 8.92. The van der Waals surface area contributed by atoms with E-state index >= 15 is 0 Å². The van der Waals surface area contributed by atoms with Gasteiger partial charge in [-0.1, -0.05) is 37.6 Å². The number of anilines is 1. The Kier molecular flexibility index (Phi) is 7.79. The Morgan fingerprint density at radius 3 is 2.68 bits per heavy atom. The van der Waals surface area contributed by atoms with Gasteiger partial charge in [-0.25, -0.2) is 4.79 Å². The maximum absolute atomic E-state index is 12.5. The van der Waals surface area contributed by atoms with Crippen LogP contribution in [0.1, 0.15) is 35.7 Å². The zero-order chi connectivity index (χ0) is 20.4. The number of esters is 1. The van der Waals surface area contributed by atoms with E-state index in [9.17, 15) is 14.9 Å². The molecule has 0 aliphatic carbocycles. The number of ether oxygens (including phenoxy) is 2. The summed E-state index contributed by atoms with van der Waals surface area (Å²) in [6.07, 6.45) is 3.18. The monoisotopic (exact) mass is 378 g/mol. The van der Waals surface area contributed by atoms with E-state index in [4.69, 9.17) is 9.47 Å². The molecule has 6 nitrogen and oxygen atoms in total. The second kappa shape index (κ2) is 10.5. The molecule has 2 rings (SSSR count). The van der Waals surface area contributed by atoms with Gasteiger partial charge < -0.3 is 14.8 Å². The van der Waals surface area contributed by atoms with Gasteiger partial charge in [0.25, 0.3) is 5.91 Å². The van der Waals surface area contributed by atoms with Gasteiger partial charge in [0.05, 0.1) is 19.3 Å². The number of hydrogen-bond donors (Lipinski definition) is 1. The molecule has 0 spiro atoms. The predicted octanol–water partition coefficient (Wildman–Crippen LogP) is 4.20. The summed E-state index contributed by atoms with van der Waals surface area (Å²) in [5, 5.41) is 12.0. The number of hydrogen-bond acceptors (Lipinski definition) is 5. The highest BCUT2D eigenvalue weighted by molar-refractivity contribution is 6.10. The summed E-state index contributed by atoms with van der Waals surface area (Å²) in [5.41, 5.74) is 1.27. The normalized spacial score (nSPS) is 10.7. The Labute approximate surface area is 164 Å². The van der Waals surface area contributed by atoms with Crippen LogP contribution < -0.4 is 10.1 Å². The second-order valence-corrected chi connectivity index (χ2v) is 5.94. The largest absolute Gasteiger partial charge is 0.496 e. The van der Waals surface area contributed by atoms with E-state index in [2.05, 4.69) is 5.32 Å². The van der Waals surface area contributed by atoms with Gasteiger partial charge in [-0.15, -0.1) is 0 Å². The van der Waals surface area contributed by atoms with E-state index in [1.807, 2.05) is 13.0 Å². The molecule has 0 aliphatic heterocycles. The van der Waals surface area contributed by atoms with Crippen LogP contribution in [0.4, 0.5) is 5.69 Å². The number of nitrogens with zero attached hydrogens (tertiary/aromatic N) is 1. The lowest BCUT2D eigenvalue weighted by Gasteiger charge is -2.08. The Balaban J connectivity index is 2.15. The lowest BCUT2D eigenvalue weighted by molar-refractivity contribution is -0.112. The first-order valence-electron chi connectivity index (χ1n) is 8.92. The van der Waals surface area contributed by atoms with Crippen LogP contribution in [-0.4, -0.2) is 25.6 Å². The van der Waals surface area contributed by atoms with Gasteiger partial charge >= 0.3 is 5.97 Å². The minimum absolute atomic E-state index is 0.0829. The molecule has 1 amide bonds. The molecule has 6 heteroatoms. The van der Waals surface area contributed by atoms with Crippen LogP contribution in [-0.2, 0) is 9.53 Å². The van der Waals surface area contributed by atoms with Gasteiger partial charge in [-0.3, -0.25) is 4.79 Å². The molecule has 0 heterocycles. The van der Waals surface area contributed by atoms with Gasteiger partial charge in [-0.2, -0.15) is 5.26 Å². The van der Waals surface area contributed by atoms with Crippen LogP contribution in [0.5, 0.6) is 5.75 Å². The van der Waals surface area contributed by atoms with E-state index in [0.717, 1.165) is 12.8 Å². The average Bonchev–Trinajstić information content (AvgIpc) is 2.72.